The van der Waals surface area contributed by atoms with Crippen LogP contribution in [0.5, 0.6) is 5.75 Å². The lowest BCUT2D eigenvalue weighted by molar-refractivity contribution is 0.0938. The molecule has 2 aliphatic rings. The fourth-order valence-corrected chi connectivity index (χ4v) is 4.30. The largest absolute Gasteiger partial charge is 0.493 e. The Morgan fingerprint density at radius 2 is 2.17 bits per heavy atom. The maximum Gasteiger partial charge on any atom is 0.263 e. The van der Waals surface area contributed by atoms with E-state index in [1.54, 1.807) is 11.3 Å². The van der Waals surface area contributed by atoms with Crippen LogP contribution in [0.15, 0.2) is 24.3 Å². The highest BCUT2D eigenvalue weighted by atomic mass is 32.1. The van der Waals surface area contributed by atoms with Crippen molar-refractivity contribution in [3.05, 3.63) is 45.4 Å². The number of ether oxygens (including phenoxy) is 1. The predicted octanol–water partition coefficient (Wildman–Crippen LogP) is 4.05. The summed E-state index contributed by atoms with van der Waals surface area (Å²) in [6.07, 6.45) is 5.47. The van der Waals surface area contributed by atoms with E-state index < -0.39 is 0 Å². The molecule has 4 nitrogen and oxygen atoms in total. The molecule has 0 spiro atoms. The molecule has 24 heavy (non-hydrogen) atoms. The Morgan fingerprint density at radius 3 is 3.00 bits per heavy atom. The van der Waals surface area contributed by atoms with Gasteiger partial charge in [0.15, 0.2) is 0 Å². The summed E-state index contributed by atoms with van der Waals surface area (Å²) in [6, 6.07) is 8.00. The van der Waals surface area contributed by atoms with Crippen molar-refractivity contribution in [3.63, 3.8) is 0 Å². The molecular formula is C19H22N2O2S. The monoisotopic (exact) mass is 342 g/mol. The molecule has 1 aliphatic heterocycles. The van der Waals surface area contributed by atoms with E-state index in [9.17, 15) is 4.79 Å². The average molecular weight is 342 g/mol. The molecule has 126 valence electrons. The number of benzene rings is 1. The number of hydrogen-bond donors (Lipinski definition) is 1. The predicted molar refractivity (Wildman–Crippen MR) is 94.7 cm³/mol. The molecule has 5 heteroatoms. The van der Waals surface area contributed by atoms with Crippen LogP contribution in [-0.4, -0.2) is 17.5 Å². The third-order valence-electron chi connectivity index (χ3n) is 4.70. The molecule has 2 aromatic rings. The van der Waals surface area contributed by atoms with Gasteiger partial charge in [-0.25, -0.2) is 4.98 Å². The summed E-state index contributed by atoms with van der Waals surface area (Å²) in [4.78, 5) is 18.1. The first-order chi connectivity index (χ1) is 11.7. The first-order valence-corrected chi connectivity index (χ1v) is 9.51. The first-order valence-electron chi connectivity index (χ1n) is 8.69. The van der Waals surface area contributed by atoms with Gasteiger partial charge in [-0.15, -0.1) is 11.3 Å². The van der Waals surface area contributed by atoms with Gasteiger partial charge in [0.2, 0.25) is 0 Å². The van der Waals surface area contributed by atoms with Crippen molar-refractivity contribution in [3.8, 4) is 5.75 Å². The molecule has 0 saturated heterocycles. The Hall–Kier alpha value is -1.88. The highest BCUT2D eigenvalue weighted by Crippen LogP contribution is 2.35. The van der Waals surface area contributed by atoms with E-state index in [-0.39, 0.29) is 11.9 Å². The fraction of sp³-hybridized carbons (Fsp3) is 0.474. The average Bonchev–Trinajstić information content (AvgIpc) is 3.34. The molecule has 0 bridgehead atoms. The molecule has 1 saturated carbocycles. The second kappa shape index (κ2) is 6.55. The zero-order valence-corrected chi connectivity index (χ0v) is 14.7. The summed E-state index contributed by atoms with van der Waals surface area (Å²) in [6.45, 7) is 2.64. The molecular weight excluding hydrogens is 320 g/mol. The number of aryl methyl sites for hydroxylation is 1. The molecule has 0 radical (unpaired) electrons. The van der Waals surface area contributed by atoms with Crippen molar-refractivity contribution in [2.45, 2.75) is 45.1 Å². The van der Waals surface area contributed by atoms with Crippen molar-refractivity contribution in [1.29, 1.82) is 0 Å². The maximum absolute atomic E-state index is 12.8. The second-order valence-electron chi connectivity index (χ2n) is 6.72. The van der Waals surface area contributed by atoms with E-state index in [1.807, 2.05) is 31.2 Å². The van der Waals surface area contributed by atoms with Gasteiger partial charge in [-0.2, -0.15) is 0 Å². The van der Waals surface area contributed by atoms with E-state index in [4.69, 9.17) is 4.74 Å². The van der Waals surface area contributed by atoms with Crippen LogP contribution in [0.3, 0.4) is 0 Å². The van der Waals surface area contributed by atoms with Crippen molar-refractivity contribution in [2.75, 3.05) is 6.61 Å². The number of amides is 1. The van der Waals surface area contributed by atoms with E-state index in [2.05, 4.69) is 10.3 Å². The molecule has 1 aromatic heterocycles. The van der Waals surface area contributed by atoms with Gasteiger partial charge in [0, 0.05) is 12.0 Å². The molecule has 1 N–H and O–H groups in total. The summed E-state index contributed by atoms with van der Waals surface area (Å²) in [7, 11) is 0. The van der Waals surface area contributed by atoms with Crippen LogP contribution in [0.25, 0.3) is 0 Å². The Kier molecular flexibility index (Phi) is 4.27. The minimum absolute atomic E-state index is 0.00424. The molecule has 1 unspecified atom stereocenters. The van der Waals surface area contributed by atoms with E-state index in [0.717, 1.165) is 52.1 Å². The number of rotatable bonds is 4. The van der Waals surface area contributed by atoms with Crippen LogP contribution in [0.4, 0.5) is 0 Å². The number of aromatic nitrogens is 1. The summed E-state index contributed by atoms with van der Waals surface area (Å²) in [5.41, 5.74) is 1.93. The summed E-state index contributed by atoms with van der Waals surface area (Å²) < 4.78 is 5.78. The lowest BCUT2D eigenvalue weighted by Gasteiger charge is -2.18. The summed E-state index contributed by atoms with van der Waals surface area (Å²) in [5.74, 6) is 1.67. The van der Waals surface area contributed by atoms with Crippen molar-refractivity contribution in [1.82, 2.24) is 10.3 Å². The van der Waals surface area contributed by atoms with Gasteiger partial charge in [-0.3, -0.25) is 4.79 Å². The van der Waals surface area contributed by atoms with Crippen LogP contribution >= 0.6 is 11.3 Å². The number of nitrogens with one attached hydrogen (secondary N) is 1. The fourth-order valence-electron chi connectivity index (χ4n) is 3.22. The number of fused-ring (bicyclic) bond motifs is 1. The molecule has 1 atom stereocenters. The van der Waals surface area contributed by atoms with Crippen molar-refractivity contribution in [2.24, 2.45) is 5.92 Å². The molecule has 1 amide bonds. The number of thiazole rings is 1. The van der Waals surface area contributed by atoms with Gasteiger partial charge in [-0.05, 0) is 44.6 Å². The van der Waals surface area contributed by atoms with Crippen LogP contribution in [0, 0.1) is 12.8 Å². The zero-order valence-electron chi connectivity index (χ0n) is 13.9. The van der Waals surface area contributed by atoms with Gasteiger partial charge < -0.3 is 10.1 Å². The van der Waals surface area contributed by atoms with E-state index in [0.29, 0.717) is 6.61 Å². The number of carbonyl (C=O) groups is 1. The van der Waals surface area contributed by atoms with Crippen LogP contribution in [0.1, 0.15) is 57.7 Å². The van der Waals surface area contributed by atoms with Gasteiger partial charge in [-0.1, -0.05) is 18.2 Å². The molecule has 1 aliphatic carbocycles. The number of hydrogen-bond acceptors (Lipinski definition) is 4. The Bertz CT molecular complexity index is 752. The quantitative estimate of drug-likeness (QED) is 0.912. The Labute approximate surface area is 146 Å². The third-order valence-corrected chi connectivity index (χ3v) is 5.88. The number of carbonyl (C=O) groups excluding carboxylic acids is 1. The topological polar surface area (TPSA) is 51.2 Å². The minimum atomic E-state index is -0.00579. The lowest BCUT2D eigenvalue weighted by atomic mass is 10.0. The van der Waals surface area contributed by atoms with E-state index >= 15 is 0 Å². The van der Waals surface area contributed by atoms with Gasteiger partial charge in [0.05, 0.1) is 23.4 Å². The highest BCUT2D eigenvalue weighted by Gasteiger charge is 2.26. The molecule has 2 heterocycles. The molecule has 4 rings (SSSR count). The van der Waals surface area contributed by atoms with Crippen LogP contribution in [0.2, 0.25) is 0 Å². The van der Waals surface area contributed by atoms with E-state index in [1.165, 1.54) is 12.8 Å². The minimum Gasteiger partial charge on any atom is -0.493 e. The number of para-hydroxylation sites is 1. The van der Waals surface area contributed by atoms with Crippen molar-refractivity contribution < 1.29 is 9.53 Å². The van der Waals surface area contributed by atoms with Gasteiger partial charge in [0.1, 0.15) is 10.6 Å². The Morgan fingerprint density at radius 1 is 1.33 bits per heavy atom. The standard InChI is InChI=1S/C19H22N2O2S/c1-12-18(24-17(20-12)11-13-8-9-13)19(22)21-15-6-4-10-23-16-7-3-2-5-14(15)16/h2-3,5,7,13,15H,4,6,8-11H2,1H3,(H,21,22). The molecule has 1 aromatic carbocycles. The highest BCUT2D eigenvalue weighted by molar-refractivity contribution is 7.13. The Balaban J connectivity index is 1.52. The third kappa shape index (κ3) is 3.31. The van der Waals surface area contributed by atoms with Crippen LogP contribution < -0.4 is 10.1 Å². The zero-order chi connectivity index (χ0) is 16.5. The van der Waals surface area contributed by atoms with Crippen molar-refractivity contribution >= 4 is 17.2 Å². The first kappa shape index (κ1) is 15.6. The van der Waals surface area contributed by atoms with Gasteiger partial charge >= 0.3 is 0 Å². The smallest absolute Gasteiger partial charge is 0.263 e. The summed E-state index contributed by atoms with van der Waals surface area (Å²) in [5, 5.41) is 4.31. The maximum atomic E-state index is 12.8. The normalized spacial score (nSPS) is 20.0. The molecule has 1 fully saturated rings. The lowest BCUT2D eigenvalue weighted by Crippen LogP contribution is -2.28. The van der Waals surface area contributed by atoms with Crippen LogP contribution in [-0.2, 0) is 6.42 Å². The van der Waals surface area contributed by atoms with Gasteiger partial charge in [0.25, 0.3) is 5.91 Å². The number of nitrogens with zero attached hydrogens (tertiary/aromatic N) is 1. The second-order valence-corrected chi connectivity index (χ2v) is 7.81. The summed E-state index contributed by atoms with van der Waals surface area (Å²) >= 11 is 1.56. The SMILES string of the molecule is Cc1nc(CC2CC2)sc1C(=O)NC1CCCOc2ccccc21.